The van der Waals surface area contributed by atoms with Crippen molar-refractivity contribution in [2.45, 2.75) is 24.1 Å². The number of anilines is 2. The third-order valence-electron chi connectivity index (χ3n) is 4.52. The summed E-state index contributed by atoms with van der Waals surface area (Å²) in [4.78, 5) is 17.2. The van der Waals surface area contributed by atoms with E-state index >= 15 is 0 Å². The van der Waals surface area contributed by atoms with Gasteiger partial charge >= 0.3 is 6.09 Å². The second kappa shape index (κ2) is 8.52. The number of ether oxygens (including phenoxy) is 1. The molecule has 0 fully saturated rings. The first-order valence-electron chi connectivity index (χ1n) is 9.05. The number of nitrogens with zero attached hydrogens (tertiary/aromatic N) is 4. The maximum Gasteiger partial charge on any atom is 0.419 e. The molecule has 1 unspecified atom stereocenters. The molecule has 1 aromatic carbocycles. The van der Waals surface area contributed by atoms with Crippen molar-refractivity contribution < 1.29 is 23.1 Å². The van der Waals surface area contributed by atoms with E-state index in [9.17, 15) is 18.3 Å². The van der Waals surface area contributed by atoms with Gasteiger partial charge in [0.1, 0.15) is 5.75 Å². The van der Waals surface area contributed by atoms with Crippen molar-refractivity contribution in [3.63, 3.8) is 0 Å². The molecule has 166 valence electrons. The second-order valence-corrected chi connectivity index (χ2v) is 10.0. The van der Waals surface area contributed by atoms with E-state index in [1.807, 2.05) is 13.8 Å². The van der Waals surface area contributed by atoms with Crippen molar-refractivity contribution >= 4 is 56.4 Å². The first-order chi connectivity index (χ1) is 14.5. The molecule has 0 aliphatic carbocycles. The van der Waals surface area contributed by atoms with E-state index in [1.165, 1.54) is 30.0 Å². The van der Waals surface area contributed by atoms with Gasteiger partial charge in [-0.2, -0.15) is 4.98 Å². The first kappa shape index (κ1) is 23.1. The molecule has 3 rings (SSSR count). The number of hydrogen-bond acceptors (Lipinski definition) is 6. The molecule has 1 amide bonds. The SMILES string of the molecule is COc1c(N(C(=O)O)c2nc3ccc(Cl)cn3n2)ccc(S(C)(=O)=O)c1C(Cl)C(C)C. The highest BCUT2D eigenvalue weighted by Crippen LogP contribution is 2.45. The van der Waals surface area contributed by atoms with Gasteiger partial charge in [-0.05, 0) is 30.2 Å². The third-order valence-corrected chi connectivity index (χ3v) is 6.62. The zero-order valence-electron chi connectivity index (χ0n) is 17.1. The molecule has 0 aliphatic rings. The lowest BCUT2D eigenvalue weighted by Crippen LogP contribution is -2.26. The summed E-state index contributed by atoms with van der Waals surface area (Å²) in [7, 11) is -2.36. The Balaban J connectivity index is 2.31. The van der Waals surface area contributed by atoms with Gasteiger partial charge in [-0.1, -0.05) is 25.4 Å². The van der Waals surface area contributed by atoms with E-state index in [4.69, 9.17) is 27.9 Å². The molecule has 0 saturated heterocycles. The number of aromatic nitrogens is 3. The number of amides is 1. The van der Waals surface area contributed by atoms with E-state index in [1.54, 1.807) is 12.1 Å². The number of sulfone groups is 1. The number of carboxylic acid groups (broad SMARTS) is 1. The standard InChI is InChI=1S/C19H20Cl2N4O5S/c1-10(2)16(21)15-13(31(4,28)29)7-6-12(17(15)30-3)25(19(26)27)18-22-14-8-5-11(20)9-24(14)23-18/h5-10,16H,1-4H3,(H,26,27). The van der Waals surface area contributed by atoms with E-state index < -0.39 is 21.3 Å². The van der Waals surface area contributed by atoms with Gasteiger partial charge in [-0.3, -0.25) is 0 Å². The molecule has 0 saturated carbocycles. The molecule has 0 radical (unpaired) electrons. The summed E-state index contributed by atoms with van der Waals surface area (Å²) in [6.45, 7) is 3.64. The van der Waals surface area contributed by atoms with Crippen LogP contribution in [0.2, 0.25) is 5.02 Å². The number of carbonyl (C=O) groups is 1. The Morgan fingerprint density at radius 2 is 1.94 bits per heavy atom. The zero-order chi connectivity index (χ0) is 23.1. The fourth-order valence-corrected chi connectivity index (χ4v) is 4.49. The lowest BCUT2D eigenvalue weighted by Gasteiger charge is -2.25. The predicted molar refractivity (Wildman–Crippen MR) is 118 cm³/mol. The van der Waals surface area contributed by atoms with Gasteiger partial charge in [0.2, 0.25) is 0 Å². The highest BCUT2D eigenvalue weighted by atomic mass is 35.5. The second-order valence-electron chi connectivity index (χ2n) is 7.13. The molecule has 0 spiro atoms. The molecule has 12 heteroatoms. The molecule has 2 aromatic heterocycles. The summed E-state index contributed by atoms with van der Waals surface area (Å²) in [6.07, 6.45) is 1.14. The molecule has 2 heterocycles. The summed E-state index contributed by atoms with van der Waals surface area (Å²) < 4.78 is 31.6. The van der Waals surface area contributed by atoms with E-state index in [2.05, 4.69) is 10.1 Å². The Labute approximate surface area is 189 Å². The van der Waals surface area contributed by atoms with Gasteiger partial charge in [0.05, 0.1) is 28.1 Å². The number of fused-ring (bicyclic) bond motifs is 1. The van der Waals surface area contributed by atoms with Crippen molar-refractivity contribution in [1.29, 1.82) is 0 Å². The number of methoxy groups -OCH3 is 1. The number of halogens is 2. The number of hydrogen-bond donors (Lipinski definition) is 1. The average Bonchev–Trinajstić information content (AvgIpc) is 3.08. The third kappa shape index (κ3) is 4.41. The van der Waals surface area contributed by atoms with Gasteiger partial charge < -0.3 is 9.84 Å². The Morgan fingerprint density at radius 1 is 1.26 bits per heavy atom. The van der Waals surface area contributed by atoms with Crippen LogP contribution in [0.5, 0.6) is 5.75 Å². The fourth-order valence-electron chi connectivity index (χ4n) is 3.12. The van der Waals surface area contributed by atoms with Crippen molar-refractivity contribution in [1.82, 2.24) is 14.6 Å². The molecular formula is C19H20Cl2N4O5S. The van der Waals surface area contributed by atoms with Gasteiger partial charge in [-0.25, -0.2) is 22.6 Å². The molecular weight excluding hydrogens is 467 g/mol. The number of alkyl halides is 1. The maximum absolute atomic E-state index is 12.4. The minimum atomic E-state index is -3.68. The van der Waals surface area contributed by atoms with Crippen LogP contribution in [0.4, 0.5) is 16.4 Å². The van der Waals surface area contributed by atoms with Crippen LogP contribution < -0.4 is 9.64 Å². The highest BCUT2D eigenvalue weighted by molar-refractivity contribution is 7.90. The van der Waals surface area contributed by atoms with Crippen LogP contribution in [0, 0.1) is 5.92 Å². The zero-order valence-corrected chi connectivity index (χ0v) is 19.4. The quantitative estimate of drug-likeness (QED) is 0.508. The minimum Gasteiger partial charge on any atom is -0.494 e. The maximum atomic E-state index is 12.4. The predicted octanol–water partition coefficient (Wildman–Crippen LogP) is 4.55. The van der Waals surface area contributed by atoms with Crippen molar-refractivity contribution in [3.8, 4) is 5.75 Å². The minimum absolute atomic E-state index is 0.0101. The van der Waals surface area contributed by atoms with Gasteiger partial charge in [0.15, 0.2) is 15.5 Å². The summed E-state index contributed by atoms with van der Waals surface area (Å²) >= 11 is 12.5. The molecule has 1 N–H and O–H groups in total. The number of pyridine rings is 1. The molecule has 1 atom stereocenters. The molecule has 3 aromatic rings. The largest absolute Gasteiger partial charge is 0.494 e. The van der Waals surface area contributed by atoms with Gasteiger partial charge in [0, 0.05) is 18.0 Å². The fraction of sp³-hybridized carbons (Fsp3) is 0.316. The monoisotopic (exact) mass is 486 g/mol. The first-order valence-corrected chi connectivity index (χ1v) is 11.8. The van der Waals surface area contributed by atoms with E-state index in [-0.39, 0.29) is 33.8 Å². The topological polar surface area (TPSA) is 114 Å². The average molecular weight is 487 g/mol. The number of benzene rings is 1. The van der Waals surface area contributed by atoms with E-state index in [0.29, 0.717) is 10.7 Å². The van der Waals surface area contributed by atoms with Crippen LogP contribution >= 0.6 is 23.2 Å². The molecule has 31 heavy (non-hydrogen) atoms. The smallest absolute Gasteiger partial charge is 0.419 e. The number of rotatable bonds is 6. The highest BCUT2D eigenvalue weighted by Gasteiger charge is 2.32. The molecule has 0 aliphatic heterocycles. The van der Waals surface area contributed by atoms with Crippen molar-refractivity contribution in [2.24, 2.45) is 5.92 Å². The normalized spacial score (nSPS) is 12.9. The van der Waals surface area contributed by atoms with Gasteiger partial charge in [-0.15, -0.1) is 16.7 Å². The van der Waals surface area contributed by atoms with Crippen molar-refractivity contribution in [2.75, 3.05) is 18.3 Å². The summed E-state index contributed by atoms with van der Waals surface area (Å²) in [5.41, 5.74) is 0.581. The molecule has 0 bridgehead atoms. The van der Waals surface area contributed by atoms with Crippen LogP contribution in [-0.4, -0.2) is 47.6 Å². The van der Waals surface area contributed by atoms with Crippen molar-refractivity contribution in [3.05, 3.63) is 41.0 Å². The summed E-state index contributed by atoms with van der Waals surface area (Å²) in [5.74, 6) is -0.322. The van der Waals surface area contributed by atoms with Gasteiger partial charge in [0.25, 0.3) is 5.95 Å². The molecule has 9 nitrogen and oxygen atoms in total. The van der Waals surface area contributed by atoms with Crippen LogP contribution in [0.3, 0.4) is 0 Å². The lowest BCUT2D eigenvalue weighted by atomic mass is 10.00. The van der Waals surface area contributed by atoms with Crippen LogP contribution in [0.25, 0.3) is 5.65 Å². The summed E-state index contributed by atoms with van der Waals surface area (Å²) in [6, 6.07) is 5.82. The summed E-state index contributed by atoms with van der Waals surface area (Å²) in [5, 5.41) is 13.8. The Morgan fingerprint density at radius 3 is 2.48 bits per heavy atom. The Kier molecular flexibility index (Phi) is 6.35. The van der Waals surface area contributed by atoms with E-state index in [0.717, 1.165) is 11.2 Å². The Bertz CT molecular complexity index is 1260. The lowest BCUT2D eigenvalue weighted by molar-refractivity contribution is 0.204. The van der Waals surface area contributed by atoms with Crippen LogP contribution in [0.1, 0.15) is 24.8 Å². The van der Waals surface area contributed by atoms with Crippen LogP contribution in [0.15, 0.2) is 35.4 Å². The Hall–Kier alpha value is -2.56. The van der Waals surface area contributed by atoms with Crippen LogP contribution in [-0.2, 0) is 9.84 Å².